The van der Waals surface area contributed by atoms with Gasteiger partial charge in [0, 0.05) is 10.8 Å². The highest BCUT2D eigenvalue weighted by atomic mass is 15.0. The van der Waals surface area contributed by atoms with E-state index in [4.69, 9.17) is 0 Å². The molecule has 1 aromatic heterocycles. The lowest BCUT2D eigenvalue weighted by atomic mass is 9.64. The second-order valence-electron chi connectivity index (χ2n) is 9.37. The van der Waals surface area contributed by atoms with Crippen molar-refractivity contribution in [3.63, 3.8) is 0 Å². The van der Waals surface area contributed by atoms with Crippen LogP contribution in [0.2, 0.25) is 0 Å². The van der Waals surface area contributed by atoms with Crippen LogP contribution in [0.25, 0.3) is 33.1 Å². The van der Waals surface area contributed by atoms with Gasteiger partial charge in [-0.1, -0.05) is 97.6 Å². The van der Waals surface area contributed by atoms with E-state index in [0.717, 1.165) is 6.42 Å². The molecule has 0 saturated carbocycles. The van der Waals surface area contributed by atoms with E-state index in [1.165, 1.54) is 66.5 Å². The average Bonchev–Trinajstić information content (AvgIpc) is 3.36. The smallest absolute Gasteiger partial charge is 0.0754 e. The number of allylic oxidation sites excluding steroid dienone is 5. The van der Waals surface area contributed by atoms with E-state index in [2.05, 4.69) is 114 Å². The first-order valence-corrected chi connectivity index (χ1v) is 11.6. The highest BCUT2D eigenvalue weighted by molar-refractivity contribution is 6.13. The topological polar surface area (TPSA) is 4.93 Å². The van der Waals surface area contributed by atoms with Crippen molar-refractivity contribution in [2.24, 2.45) is 0 Å². The number of aromatic nitrogens is 1. The van der Waals surface area contributed by atoms with Gasteiger partial charge in [0.2, 0.25) is 0 Å². The first-order valence-electron chi connectivity index (χ1n) is 11.6. The van der Waals surface area contributed by atoms with Gasteiger partial charge in [-0.25, -0.2) is 0 Å². The Hall–Kier alpha value is -4.10. The zero-order valence-electron chi connectivity index (χ0n) is 18.2. The number of rotatable bonds is 0. The summed E-state index contributed by atoms with van der Waals surface area (Å²) in [7, 11) is 0. The summed E-state index contributed by atoms with van der Waals surface area (Å²) in [5.74, 6) is 0. The van der Waals surface area contributed by atoms with E-state index in [-0.39, 0.29) is 5.41 Å². The van der Waals surface area contributed by atoms with Crippen LogP contribution in [0, 0.1) is 0 Å². The van der Waals surface area contributed by atoms with Gasteiger partial charge in [-0.05, 0) is 57.5 Å². The lowest BCUT2D eigenvalue weighted by molar-refractivity contribution is 0.740. The lowest BCUT2D eigenvalue weighted by Crippen LogP contribution is -2.34. The summed E-state index contributed by atoms with van der Waals surface area (Å²) in [5.41, 5.74) is 12.9. The monoisotopic (exact) mass is 419 g/mol. The minimum absolute atomic E-state index is 0.341. The predicted octanol–water partition coefficient (Wildman–Crippen LogP) is 7.71. The van der Waals surface area contributed by atoms with Crippen molar-refractivity contribution in [2.75, 3.05) is 0 Å². The second kappa shape index (κ2) is 5.82. The normalized spacial score (nSPS) is 19.9. The summed E-state index contributed by atoms with van der Waals surface area (Å²) in [6.45, 7) is 4.50. The fraction of sp³-hybridized carbons (Fsp3) is 0.0625. The lowest BCUT2D eigenvalue weighted by Gasteiger charge is -2.40. The molecule has 1 aliphatic heterocycles. The third-order valence-electron chi connectivity index (χ3n) is 7.92. The highest BCUT2D eigenvalue weighted by Gasteiger charge is 2.51. The second-order valence-corrected chi connectivity index (χ2v) is 9.37. The molecular weight excluding hydrogens is 398 g/mol. The molecule has 1 atom stereocenters. The molecule has 3 aliphatic rings. The van der Waals surface area contributed by atoms with Gasteiger partial charge < -0.3 is 4.57 Å². The molecule has 154 valence electrons. The Kier molecular flexibility index (Phi) is 3.08. The van der Waals surface area contributed by atoms with Crippen LogP contribution in [0.15, 0.2) is 121 Å². The quantitative estimate of drug-likeness (QED) is 0.242. The van der Waals surface area contributed by atoms with Crippen LogP contribution < -0.4 is 0 Å². The number of fused-ring (bicyclic) bond motifs is 11. The fourth-order valence-electron chi connectivity index (χ4n) is 6.80. The van der Waals surface area contributed by atoms with E-state index in [1.807, 2.05) is 0 Å². The highest BCUT2D eigenvalue weighted by Crippen LogP contribution is 2.61. The van der Waals surface area contributed by atoms with Crippen LogP contribution in [0.5, 0.6) is 0 Å². The van der Waals surface area contributed by atoms with E-state index >= 15 is 0 Å². The van der Waals surface area contributed by atoms with Crippen molar-refractivity contribution >= 4 is 27.4 Å². The van der Waals surface area contributed by atoms with Crippen LogP contribution in [0.1, 0.15) is 28.7 Å². The predicted molar refractivity (Wildman–Crippen MR) is 137 cm³/mol. The standard InChI is InChI=1S/C32H21N/c1-20-10-8-16-26-30(20)23-12-2-4-14-24(23)32(26)25-15-5-7-19-29(25)33-28-18-6-3-11-21(28)22-13-9-17-27(32)31(22)33/h2-9,11-19H,1,10H2. The minimum Gasteiger partial charge on any atom is -0.309 e. The van der Waals surface area contributed by atoms with Gasteiger partial charge in [-0.3, -0.25) is 0 Å². The number of benzene rings is 4. The molecule has 1 spiro atoms. The molecule has 1 unspecified atom stereocenters. The van der Waals surface area contributed by atoms with E-state index in [9.17, 15) is 0 Å². The summed E-state index contributed by atoms with van der Waals surface area (Å²) in [6.07, 6.45) is 5.58. The SMILES string of the molecule is C=C1CC=CC2=C1c1ccccc1C21c2ccccc2-n2c3ccccc3c3cccc1c32. The third-order valence-corrected chi connectivity index (χ3v) is 7.92. The van der Waals surface area contributed by atoms with Gasteiger partial charge in [0.1, 0.15) is 0 Å². The van der Waals surface area contributed by atoms with Crippen LogP contribution in [0.4, 0.5) is 0 Å². The molecule has 0 N–H and O–H groups in total. The molecule has 0 radical (unpaired) electrons. The third kappa shape index (κ3) is 1.84. The maximum absolute atomic E-state index is 4.50. The maximum Gasteiger partial charge on any atom is 0.0754 e. The molecule has 1 nitrogen and oxygen atoms in total. The molecule has 0 saturated heterocycles. The van der Waals surface area contributed by atoms with Gasteiger partial charge >= 0.3 is 0 Å². The van der Waals surface area contributed by atoms with E-state index < -0.39 is 0 Å². The zero-order chi connectivity index (χ0) is 21.7. The van der Waals surface area contributed by atoms with Crippen LogP contribution >= 0.6 is 0 Å². The Balaban J connectivity index is 1.69. The average molecular weight is 420 g/mol. The number of hydrogen-bond acceptors (Lipinski definition) is 0. The molecule has 0 bridgehead atoms. The Labute approximate surface area is 192 Å². The van der Waals surface area contributed by atoms with Crippen LogP contribution in [-0.4, -0.2) is 4.57 Å². The summed E-state index contributed by atoms with van der Waals surface area (Å²) < 4.78 is 2.49. The molecule has 1 heteroatoms. The van der Waals surface area contributed by atoms with E-state index in [1.54, 1.807) is 0 Å². The summed E-state index contributed by atoms with van der Waals surface area (Å²) in [4.78, 5) is 0. The Morgan fingerprint density at radius 1 is 0.697 bits per heavy atom. The molecule has 0 amide bonds. The fourth-order valence-corrected chi connectivity index (χ4v) is 6.80. The summed E-state index contributed by atoms with van der Waals surface area (Å²) in [6, 6.07) is 33.7. The van der Waals surface area contributed by atoms with Gasteiger partial charge in [-0.15, -0.1) is 0 Å². The van der Waals surface area contributed by atoms with Crippen molar-refractivity contribution < 1.29 is 0 Å². The maximum atomic E-state index is 4.50. The molecular formula is C32H21N. The molecule has 33 heavy (non-hydrogen) atoms. The largest absolute Gasteiger partial charge is 0.309 e. The van der Waals surface area contributed by atoms with E-state index in [0.29, 0.717) is 0 Å². The first kappa shape index (κ1) is 17.5. The summed E-state index contributed by atoms with van der Waals surface area (Å²) in [5, 5.41) is 2.63. The molecule has 2 heterocycles. The van der Waals surface area contributed by atoms with Crippen LogP contribution in [0.3, 0.4) is 0 Å². The zero-order valence-corrected chi connectivity index (χ0v) is 18.2. The van der Waals surface area contributed by atoms with Crippen molar-refractivity contribution in [1.82, 2.24) is 4.57 Å². The van der Waals surface area contributed by atoms with Crippen molar-refractivity contribution in [1.29, 1.82) is 0 Å². The molecule has 4 aromatic carbocycles. The van der Waals surface area contributed by atoms with Crippen molar-refractivity contribution in [3.05, 3.63) is 143 Å². The minimum atomic E-state index is -0.341. The van der Waals surface area contributed by atoms with Gasteiger partial charge in [0.25, 0.3) is 0 Å². The molecule has 0 fully saturated rings. The van der Waals surface area contributed by atoms with Gasteiger partial charge in [0.15, 0.2) is 0 Å². The van der Waals surface area contributed by atoms with Crippen molar-refractivity contribution in [2.45, 2.75) is 11.8 Å². The number of para-hydroxylation sites is 3. The molecule has 2 aliphatic carbocycles. The number of hydrogen-bond donors (Lipinski definition) is 0. The first-order chi connectivity index (χ1) is 16.3. The van der Waals surface area contributed by atoms with Crippen molar-refractivity contribution in [3.8, 4) is 5.69 Å². The Bertz CT molecular complexity index is 1760. The number of nitrogens with zero attached hydrogens (tertiary/aromatic N) is 1. The molecule has 8 rings (SSSR count). The van der Waals surface area contributed by atoms with Gasteiger partial charge in [0.05, 0.1) is 22.1 Å². The Morgan fingerprint density at radius 3 is 2.36 bits per heavy atom. The molecule has 5 aromatic rings. The van der Waals surface area contributed by atoms with Crippen LogP contribution in [-0.2, 0) is 5.41 Å². The Morgan fingerprint density at radius 2 is 1.42 bits per heavy atom. The summed E-state index contributed by atoms with van der Waals surface area (Å²) >= 11 is 0. The van der Waals surface area contributed by atoms with Gasteiger partial charge in [-0.2, -0.15) is 0 Å².